The first kappa shape index (κ1) is 16.1. The van der Waals surface area contributed by atoms with E-state index in [-0.39, 0.29) is 0 Å². The SMILES string of the molecule is Cc1noc(C)c1[C@@H]1CCCN1Cc1cc(C)n(-n2cnnc2)c1C. The maximum atomic E-state index is 5.40. The molecule has 7 heteroatoms. The van der Waals surface area contributed by atoms with Crippen molar-refractivity contribution in [1.29, 1.82) is 0 Å². The topological polar surface area (TPSA) is 64.9 Å². The third-order valence-corrected chi connectivity index (χ3v) is 5.30. The molecule has 0 aliphatic carbocycles. The van der Waals surface area contributed by atoms with Gasteiger partial charge in [-0.15, -0.1) is 10.2 Å². The molecule has 0 amide bonds. The van der Waals surface area contributed by atoms with Crippen LogP contribution in [0.2, 0.25) is 0 Å². The third kappa shape index (κ3) is 2.68. The molecule has 0 N–H and O–H groups in total. The zero-order chi connectivity index (χ0) is 17.6. The van der Waals surface area contributed by atoms with Crippen molar-refractivity contribution >= 4 is 0 Å². The largest absolute Gasteiger partial charge is 0.361 e. The molecule has 1 aliphatic heterocycles. The molecule has 4 heterocycles. The lowest BCUT2D eigenvalue weighted by Crippen LogP contribution is -2.24. The lowest BCUT2D eigenvalue weighted by Gasteiger charge is -2.24. The summed E-state index contributed by atoms with van der Waals surface area (Å²) >= 11 is 0. The average Bonchev–Trinajstić information content (AvgIpc) is 3.33. The van der Waals surface area contributed by atoms with Gasteiger partial charge in [-0.05, 0) is 58.7 Å². The van der Waals surface area contributed by atoms with Crippen molar-refractivity contribution in [2.75, 3.05) is 6.54 Å². The minimum atomic E-state index is 0.393. The summed E-state index contributed by atoms with van der Waals surface area (Å²) in [6, 6.07) is 2.65. The summed E-state index contributed by atoms with van der Waals surface area (Å²) < 4.78 is 9.47. The molecule has 0 saturated carbocycles. The summed E-state index contributed by atoms with van der Waals surface area (Å²) in [4.78, 5) is 2.55. The predicted molar refractivity (Wildman–Crippen MR) is 93.1 cm³/mol. The fraction of sp³-hybridized carbons (Fsp3) is 0.500. The zero-order valence-electron chi connectivity index (χ0n) is 15.2. The Bertz CT molecular complexity index is 856. The summed E-state index contributed by atoms with van der Waals surface area (Å²) in [7, 11) is 0. The van der Waals surface area contributed by atoms with Crippen LogP contribution in [-0.2, 0) is 6.54 Å². The molecular formula is C18H24N6O. The highest BCUT2D eigenvalue weighted by Crippen LogP contribution is 2.37. The van der Waals surface area contributed by atoms with Crippen LogP contribution in [0.15, 0.2) is 23.2 Å². The van der Waals surface area contributed by atoms with E-state index in [2.05, 4.69) is 44.8 Å². The molecule has 3 aromatic rings. The van der Waals surface area contributed by atoms with Gasteiger partial charge in [0.15, 0.2) is 0 Å². The molecule has 132 valence electrons. The zero-order valence-corrected chi connectivity index (χ0v) is 15.2. The van der Waals surface area contributed by atoms with Gasteiger partial charge >= 0.3 is 0 Å². The van der Waals surface area contributed by atoms with Crippen molar-refractivity contribution < 1.29 is 4.52 Å². The van der Waals surface area contributed by atoms with Gasteiger partial charge in [0.1, 0.15) is 18.4 Å². The molecule has 0 unspecified atom stereocenters. The van der Waals surface area contributed by atoms with Gasteiger partial charge in [0, 0.05) is 29.5 Å². The lowest BCUT2D eigenvalue weighted by molar-refractivity contribution is 0.245. The summed E-state index contributed by atoms with van der Waals surface area (Å²) in [6.45, 7) is 10.4. The Balaban J connectivity index is 1.63. The predicted octanol–water partition coefficient (Wildman–Crippen LogP) is 2.95. The van der Waals surface area contributed by atoms with E-state index >= 15 is 0 Å². The summed E-state index contributed by atoms with van der Waals surface area (Å²) in [5.41, 5.74) is 6.03. The van der Waals surface area contributed by atoms with Crippen LogP contribution in [0.5, 0.6) is 0 Å². The van der Waals surface area contributed by atoms with Crippen LogP contribution >= 0.6 is 0 Å². The lowest BCUT2D eigenvalue weighted by atomic mass is 10.0. The Morgan fingerprint density at radius 3 is 2.60 bits per heavy atom. The van der Waals surface area contributed by atoms with Crippen LogP contribution in [0.4, 0.5) is 0 Å². The normalized spacial score (nSPS) is 18.3. The Labute approximate surface area is 147 Å². The Hall–Kier alpha value is -2.41. The number of rotatable bonds is 4. The van der Waals surface area contributed by atoms with Crippen molar-refractivity contribution in [1.82, 2.24) is 29.6 Å². The van der Waals surface area contributed by atoms with Crippen LogP contribution in [-0.4, -0.2) is 36.2 Å². The van der Waals surface area contributed by atoms with Crippen molar-refractivity contribution in [3.8, 4) is 0 Å². The van der Waals surface area contributed by atoms with E-state index in [1.807, 2.05) is 18.5 Å². The van der Waals surface area contributed by atoms with Crippen LogP contribution in [0.1, 0.15) is 52.9 Å². The first-order chi connectivity index (χ1) is 12.1. The molecule has 3 aromatic heterocycles. The number of aromatic nitrogens is 5. The van der Waals surface area contributed by atoms with Gasteiger partial charge in [-0.25, -0.2) is 4.68 Å². The van der Waals surface area contributed by atoms with Crippen molar-refractivity contribution in [3.05, 3.63) is 52.7 Å². The molecule has 0 spiro atoms. The van der Waals surface area contributed by atoms with Gasteiger partial charge < -0.3 is 4.52 Å². The molecule has 1 atom stereocenters. The Kier molecular flexibility index (Phi) is 3.95. The molecule has 1 fully saturated rings. The highest BCUT2D eigenvalue weighted by Gasteiger charge is 2.31. The quantitative estimate of drug-likeness (QED) is 0.730. The van der Waals surface area contributed by atoms with Gasteiger partial charge in [0.05, 0.1) is 5.69 Å². The molecular weight excluding hydrogens is 316 g/mol. The maximum absolute atomic E-state index is 5.40. The van der Waals surface area contributed by atoms with E-state index in [0.29, 0.717) is 6.04 Å². The molecule has 0 aromatic carbocycles. The minimum Gasteiger partial charge on any atom is -0.361 e. The van der Waals surface area contributed by atoms with Gasteiger partial charge in [-0.1, -0.05) is 5.16 Å². The average molecular weight is 340 g/mol. The van der Waals surface area contributed by atoms with Crippen LogP contribution in [0.3, 0.4) is 0 Å². The second kappa shape index (κ2) is 6.15. The van der Waals surface area contributed by atoms with Crippen molar-refractivity contribution in [3.63, 3.8) is 0 Å². The number of aryl methyl sites for hydroxylation is 3. The van der Waals surface area contributed by atoms with Gasteiger partial charge in [-0.3, -0.25) is 9.58 Å². The number of nitrogens with zero attached hydrogens (tertiary/aromatic N) is 6. The standard InChI is InChI=1S/C18H24N6O/c1-12-8-16(14(3)24(12)23-10-19-20-11-23)9-22-7-5-6-17(22)18-13(2)21-25-15(18)4/h8,10-11,17H,5-7,9H2,1-4H3/t17-/m0/s1. The number of hydrogen-bond donors (Lipinski definition) is 0. The highest BCUT2D eigenvalue weighted by atomic mass is 16.5. The first-order valence-corrected chi connectivity index (χ1v) is 8.76. The van der Waals surface area contributed by atoms with Gasteiger partial charge in [-0.2, -0.15) is 0 Å². The van der Waals surface area contributed by atoms with Gasteiger partial charge in [0.25, 0.3) is 0 Å². The smallest absolute Gasteiger partial charge is 0.139 e. The molecule has 1 saturated heterocycles. The van der Waals surface area contributed by atoms with E-state index in [1.54, 1.807) is 12.7 Å². The van der Waals surface area contributed by atoms with E-state index in [4.69, 9.17) is 4.52 Å². The second-order valence-electron chi connectivity index (χ2n) is 6.92. The minimum absolute atomic E-state index is 0.393. The van der Waals surface area contributed by atoms with E-state index < -0.39 is 0 Å². The second-order valence-corrected chi connectivity index (χ2v) is 6.92. The molecule has 1 aliphatic rings. The molecule has 7 nitrogen and oxygen atoms in total. The van der Waals surface area contributed by atoms with Gasteiger partial charge in [0.2, 0.25) is 0 Å². The van der Waals surface area contributed by atoms with Crippen molar-refractivity contribution in [2.24, 2.45) is 0 Å². The fourth-order valence-corrected chi connectivity index (χ4v) is 4.16. The Morgan fingerprint density at radius 1 is 1.16 bits per heavy atom. The van der Waals surface area contributed by atoms with Crippen molar-refractivity contribution in [2.45, 2.75) is 53.1 Å². The van der Waals surface area contributed by atoms with E-state index in [0.717, 1.165) is 31.0 Å². The summed E-state index contributed by atoms with van der Waals surface area (Å²) in [5, 5.41) is 12.0. The maximum Gasteiger partial charge on any atom is 0.139 e. The van der Waals surface area contributed by atoms with Crippen LogP contribution in [0.25, 0.3) is 0 Å². The van der Waals surface area contributed by atoms with Crippen LogP contribution in [0, 0.1) is 27.7 Å². The first-order valence-electron chi connectivity index (χ1n) is 8.76. The Morgan fingerprint density at radius 2 is 1.92 bits per heavy atom. The molecule has 0 bridgehead atoms. The fourth-order valence-electron chi connectivity index (χ4n) is 4.16. The molecule has 25 heavy (non-hydrogen) atoms. The highest BCUT2D eigenvalue weighted by molar-refractivity contribution is 5.29. The monoisotopic (exact) mass is 340 g/mol. The molecule has 4 rings (SSSR count). The van der Waals surface area contributed by atoms with E-state index in [1.165, 1.54) is 28.9 Å². The van der Waals surface area contributed by atoms with E-state index in [9.17, 15) is 0 Å². The van der Waals surface area contributed by atoms with Crippen LogP contribution < -0.4 is 0 Å². The summed E-state index contributed by atoms with van der Waals surface area (Å²) in [5.74, 6) is 0.948. The number of hydrogen-bond acceptors (Lipinski definition) is 5. The summed E-state index contributed by atoms with van der Waals surface area (Å²) in [6.07, 6.45) is 5.82. The third-order valence-electron chi connectivity index (χ3n) is 5.30. The number of likely N-dealkylation sites (tertiary alicyclic amines) is 1. The molecule has 0 radical (unpaired) electrons.